The summed E-state index contributed by atoms with van der Waals surface area (Å²) in [5.41, 5.74) is 16.4. The average molecular weight is 232 g/mol. The lowest BCUT2D eigenvalue weighted by atomic mass is 10.4. The van der Waals surface area contributed by atoms with Crippen LogP contribution in [0.1, 0.15) is 0 Å². The van der Waals surface area contributed by atoms with Crippen LogP contribution >= 0.6 is 0 Å². The Bertz CT molecular complexity index is 120. The Morgan fingerprint density at radius 1 is 0.625 bits per heavy atom. The van der Waals surface area contributed by atoms with Crippen LogP contribution in [0.5, 0.6) is 0 Å². The summed E-state index contributed by atoms with van der Waals surface area (Å²) in [4.78, 5) is 2.34. The minimum Gasteiger partial charge on any atom is -0.329 e. The molecular weight excluding hydrogens is 204 g/mol. The first-order valence-corrected chi connectivity index (χ1v) is 6.09. The molecule has 8 N–H and O–H groups in total. The van der Waals surface area contributed by atoms with E-state index in [1.54, 1.807) is 0 Å². The fourth-order valence-corrected chi connectivity index (χ4v) is 1.45. The van der Waals surface area contributed by atoms with Crippen molar-refractivity contribution in [2.75, 3.05) is 65.4 Å². The molecule has 0 radical (unpaired) electrons. The molecule has 0 spiro atoms. The van der Waals surface area contributed by atoms with Gasteiger partial charge in [0.25, 0.3) is 0 Å². The van der Waals surface area contributed by atoms with Crippen molar-refractivity contribution in [2.45, 2.75) is 0 Å². The zero-order valence-electron chi connectivity index (χ0n) is 10.3. The summed E-state index contributed by atoms with van der Waals surface area (Å²) in [6.45, 7) is 8.74. The van der Waals surface area contributed by atoms with Crippen molar-refractivity contribution in [3.8, 4) is 0 Å². The molecule has 0 bridgehead atoms. The van der Waals surface area contributed by atoms with Crippen molar-refractivity contribution < 1.29 is 0 Å². The molecule has 0 aliphatic carbocycles. The minimum atomic E-state index is 0.689. The van der Waals surface area contributed by atoms with Gasteiger partial charge in [-0.25, -0.2) is 0 Å². The van der Waals surface area contributed by atoms with Crippen molar-refractivity contribution >= 4 is 0 Å². The molecule has 16 heavy (non-hydrogen) atoms. The second-order valence-electron chi connectivity index (χ2n) is 3.71. The van der Waals surface area contributed by atoms with Crippen LogP contribution in [0.15, 0.2) is 0 Å². The van der Waals surface area contributed by atoms with Gasteiger partial charge >= 0.3 is 0 Å². The fraction of sp³-hybridized carbons (Fsp3) is 1.00. The van der Waals surface area contributed by atoms with Crippen molar-refractivity contribution in [2.24, 2.45) is 17.2 Å². The molecule has 0 aliphatic rings. The Labute approximate surface area is 98.9 Å². The lowest BCUT2D eigenvalue weighted by molar-refractivity contribution is 0.280. The van der Waals surface area contributed by atoms with Gasteiger partial charge in [-0.1, -0.05) is 0 Å². The van der Waals surface area contributed by atoms with E-state index in [0.717, 1.165) is 45.8 Å². The zero-order chi connectivity index (χ0) is 12.1. The molecule has 0 aromatic rings. The highest BCUT2D eigenvalue weighted by Crippen LogP contribution is 1.84. The van der Waals surface area contributed by atoms with Crippen LogP contribution in [-0.4, -0.2) is 70.3 Å². The van der Waals surface area contributed by atoms with Gasteiger partial charge in [-0.2, -0.15) is 0 Å². The van der Waals surface area contributed by atoms with E-state index in [0.29, 0.717) is 19.6 Å². The number of nitrogens with two attached hydrogens (primary N) is 3. The first kappa shape index (κ1) is 15.8. The molecule has 0 rings (SSSR count). The molecule has 0 fully saturated rings. The Morgan fingerprint density at radius 2 is 1.12 bits per heavy atom. The number of rotatable bonds is 12. The van der Waals surface area contributed by atoms with Crippen LogP contribution in [0, 0.1) is 0 Å². The van der Waals surface area contributed by atoms with E-state index in [4.69, 9.17) is 17.2 Å². The summed E-state index contributed by atoms with van der Waals surface area (Å²) < 4.78 is 0. The Morgan fingerprint density at radius 3 is 1.50 bits per heavy atom. The van der Waals surface area contributed by atoms with Gasteiger partial charge in [-0.05, 0) is 0 Å². The van der Waals surface area contributed by atoms with Gasteiger partial charge in [0.05, 0.1) is 0 Å². The maximum absolute atomic E-state index is 5.57. The molecule has 0 aliphatic heterocycles. The van der Waals surface area contributed by atoms with Crippen LogP contribution in [0.25, 0.3) is 0 Å². The van der Waals surface area contributed by atoms with E-state index >= 15 is 0 Å². The first-order valence-electron chi connectivity index (χ1n) is 6.09. The number of nitrogens with zero attached hydrogens (tertiary/aromatic N) is 1. The smallest absolute Gasteiger partial charge is 0.0108 e. The molecule has 0 atom stereocenters. The van der Waals surface area contributed by atoms with Gasteiger partial charge in [0.1, 0.15) is 0 Å². The van der Waals surface area contributed by atoms with E-state index in [2.05, 4.69) is 15.5 Å². The second kappa shape index (κ2) is 12.8. The highest BCUT2D eigenvalue weighted by molar-refractivity contribution is 4.62. The van der Waals surface area contributed by atoms with E-state index < -0.39 is 0 Å². The largest absolute Gasteiger partial charge is 0.329 e. The molecule has 98 valence electrons. The molecule has 6 nitrogen and oxygen atoms in total. The lowest BCUT2D eigenvalue weighted by Crippen LogP contribution is -2.40. The molecule has 0 heterocycles. The Balaban J connectivity index is 3.45. The van der Waals surface area contributed by atoms with Crippen LogP contribution in [0.3, 0.4) is 0 Å². The molecule has 0 saturated carbocycles. The highest BCUT2D eigenvalue weighted by atomic mass is 15.2. The standard InChI is InChI=1S/C10H28N6/c11-1-4-14-6-9-16(8-3-13)10-7-15-5-2-12/h14-15H,1-13H2. The summed E-state index contributed by atoms with van der Waals surface area (Å²) >= 11 is 0. The van der Waals surface area contributed by atoms with Gasteiger partial charge < -0.3 is 27.8 Å². The first-order chi connectivity index (χ1) is 7.85. The van der Waals surface area contributed by atoms with Gasteiger partial charge in [0.15, 0.2) is 0 Å². The minimum absolute atomic E-state index is 0.689. The van der Waals surface area contributed by atoms with E-state index in [1.807, 2.05) is 0 Å². The number of hydrogen-bond donors (Lipinski definition) is 5. The normalized spacial score (nSPS) is 11.2. The molecule has 0 amide bonds. The SMILES string of the molecule is NCCNCCN(CCN)CCNCCN. The van der Waals surface area contributed by atoms with Gasteiger partial charge in [0.2, 0.25) is 0 Å². The molecule has 0 aromatic carbocycles. The second-order valence-corrected chi connectivity index (χ2v) is 3.71. The molecule has 0 unspecified atom stereocenters. The third kappa shape index (κ3) is 10.3. The average Bonchev–Trinajstić information content (AvgIpc) is 2.30. The van der Waals surface area contributed by atoms with Gasteiger partial charge in [-0.3, -0.25) is 4.90 Å². The summed E-state index contributed by atoms with van der Waals surface area (Å²) in [5.74, 6) is 0. The van der Waals surface area contributed by atoms with Crippen LogP contribution in [-0.2, 0) is 0 Å². The van der Waals surface area contributed by atoms with Crippen molar-refractivity contribution in [1.82, 2.24) is 15.5 Å². The number of nitrogens with one attached hydrogen (secondary N) is 2. The molecule has 6 heteroatoms. The third-order valence-corrected chi connectivity index (χ3v) is 2.30. The van der Waals surface area contributed by atoms with Gasteiger partial charge in [0, 0.05) is 65.4 Å². The molecule has 0 saturated heterocycles. The third-order valence-electron chi connectivity index (χ3n) is 2.30. The monoisotopic (exact) mass is 232 g/mol. The summed E-state index contributed by atoms with van der Waals surface area (Å²) in [6, 6.07) is 0. The van der Waals surface area contributed by atoms with Crippen molar-refractivity contribution in [1.29, 1.82) is 0 Å². The fourth-order valence-electron chi connectivity index (χ4n) is 1.45. The molecular formula is C10H28N6. The lowest BCUT2D eigenvalue weighted by Gasteiger charge is -2.21. The topological polar surface area (TPSA) is 105 Å². The summed E-state index contributed by atoms with van der Waals surface area (Å²) in [5, 5.41) is 6.56. The van der Waals surface area contributed by atoms with E-state index in [9.17, 15) is 0 Å². The predicted molar refractivity (Wildman–Crippen MR) is 69.3 cm³/mol. The van der Waals surface area contributed by atoms with E-state index in [1.165, 1.54) is 0 Å². The van der Waals surface area contributed by atoms with Gasteiger partial charge in [-0.15, -0.1) is 0 Å². The van der Waals surface area contributed by atoms with Crippen molar-refractivity contribution in [3.05, 3.63) is 0 Å². The maximum atomic E-state index is 5.57. The predicted octanol–water partition coefficient (Wildman–Crippen LogP) is -2.66. The highest BCUT2D eigenvalue weighted by Gasteiger charge is 2.02. The maximum Gasteiger partial charge on any atom is 0.0108 e. The van der Waals surface area contributed by atoms with Crippen LogP contribution < -0.4 is 27.8 Å². The van der Waals surface area contributed by atoms with Crippen LogP contribution in [0.2, 0.25) is 0 Å². The van der Waals surface area contributed by atoms with Crippen molar-refractivity contribution in [3.63, 3.8) is 0 Å². The Hall–Kier alpha value is -0.240. The number of hydrogen-bond acceptors (Lipinski definition) is 6. The van der Waals surface area contributed by atoms with E-state index in [-0.39, 0.29) is 0 Å². The summed E-state index contributed by atoms with van der Waals surface area (Å²) in [6.07, 6.45) is 0. The Kier molecular flexibility index (Phi) is 12.6. The molecule has 0 aromatic heterocycles. The summed E-state index contributed by atoms with van der Waals surface area (Å²) in [7, 11) is 0. The van der Waals surface area contributed by atoms with Crippen LogP contribution in [0.4, 0.5) is 0 Å². The zero-order valence-corrected chi connectivity index (χ0v) is 10.3. The quantitative estimate of drug-likeness (QED) is 0.235.